The summed E-state index contributed by atoms with van der Waals surface area (Å²) in [4.78, 5) is 11.3. The molecule has 0 aliphatic rings. The number of hydrogen-bond acceptors (Lipinski definition) is 3. The fourth-order valence-corrected chi connectivity index (χ4v) is 1.65. The molecule has 0 aromatic heterocycles. The molecule has 0 aliphatic carbocycles. The Hall–Kier alpha value is -1.35. The van der Waals surface area contributed by atoms with Crippen molar-refractivity contribution in [1.82, 2.24) is 0 Å². The second kappa shape index (κ2) is 6.40. The van der Waals surface area contributed by atoms with E-state index in [0.29, 0.717) is 12.5 Å². The van der Waals surface area contributed by atoms with E-state index in [9.17, 15) is 4.79 Å². The van der Waals surface area contributed by atoms with Gasteiger partial charge in [-0.3, -0.25) is 4.79 Å². The third kappa shape index (κ3) is 4.19. The molecule has 3 nitrogen and oxygen atoms in total. The standard InChI is InChI=1S/C14H21NO2/c1-4-17-14(16)9-13(15)12-7-5-11(6-8-12)10(2)3/h5-8,10,13H,4,9,15H2,1-3H3/t13-/m1/s1. The van der Waals surface area contributed by atoms with Crippen LogP contribution in [0.4, 0.5) is 0 Å². The van der Waals surface area contributed by atoms with Crippen LogP contribution >= 0.6 is 0 Å². The summed E-state index contributed by atoms with van der Waals surface area (Å²) in [5, 5.41) is 0. The van der Waals surface area contributed by atoms with Gasteiger partial charge in [-0.2, -0.15) is 0 Å². The fraction of sp³-hybridized carbons (Fsp3) is 0.500. The summed E-state index contributed by atoms with van der Waals surface area (Å²) in [7, 11) is 0. The molecule has 1 aromatic carbocycles. The maximum absolute atomic E-state index is 11.3. The van der Waals surface area contributed by atoms with E-state index in [1.165, 1.54) is 5.56 Å². The molecule has 94 valence electrons. The lowest BCUT2D eigenvalue weighted by molar-refractivity contribution is -0.143. The van der Waals surface area contributed by atoms with Crippen LogP contribution in [0.1, 0.15) is 50.3 Å². The molecule has 0 spiro atoms. The van der Waals surface area contributed by atoms with E-state index in [2.05, 4.69) is 26.0 Å². The van der Waals surface area contributed by atoms with Crippen LogP contribution in [0.2, 0.25) is 0 Å². The van der Waals surface area contributed by atoms with Crippen LogP contribution in [-0.4, -0.2) is 12.6 Å². The lowest BCUT2D eigenvalue weighted by Gasteiger charge is -2.12. The van der Waals surface area contributed by atoms with E-state index >= 15 is 0 Å². The van der Waals surface area contributed by atoms with Gasteiger partial charge in [0.05, 0.1) is 13.0 Å². The Morgan fingerprint density at radius 1 is 1.24 bits per heavy atom. The zero-order chi connectivity index (χ0) is 12.8. The predicted octanol–water partition coefficient (Wildman–Crippen LogP) is 2.76. The van der Waals surface area contributed by atoms with Crippen molar-refractivity contribution >= 4 is 5.97 Å². The highest BCUT2D eigenvalue weighted by Crippen LogP contribution is 2.19. The number of rotatable bonds is 5. The summed E-state index contributed by atoms with van der Waals surface area (Å²) in [5.41, 5.74) is 8.20. The zero-order valence-electron chi connectivity index (χ0n) is 10.8. The molecule has 17 heavy (non-hydrogen) atoms. The smallest absolute Gasteiger partial charge is 0.307 e. The van der Waals surface area contributed by atoms with Crippen molar-refractivity contribution < 1.29 is 9.53 Å². The molecule has 0 unspecified atom stereocenters. The summed E-state index contributed by atoms with van der Waals surface area (Å²) < 4.78 is 4.88. The van der Waals surface area contributed by atoms with Crippen LogP contribution in [-0.2, 0) is 9.53 Å². The van der Waals surface area contributed by atoms with Crippen molar-refractivity contribution in [2.45, 2.75) is 39.2 Å². The summed E-state index contributed by atoms with van der Waals surface area (Å²) in [6, 6.07) is 7.81. The van der Waals surface area contributed by atoms with E-state index in [0.717, 1.165) is 5.56 Å². The summed E-state index contributed by atoms with van der Waals surface area (Å²) in [6.07, 6.45) is 0.231. The van der Waals surface area contributed by atoms with Gasteiger partial charge in [-0.15, -0.1) is 0 Å². The molecule has 0 saturated heterocycles. The molecule has 2 N–H and O–H groups in total. The van der Waals surface area contributed by atoms with Crippen LogP contribution in [0.3, 0.4) is 0 Å². The Balaban J connectivity index is 2.63. The molecule has 1 atom stereocenters. The minimum atomic E-state index is -0.282. The Morgan fingerprint density at radius 3 is 2.24 bits per heavy atom. The van der Waals surface area contributed by atoms with Gasteiger partial charge >= 0.3 is 5.97 Å². The average molecular weight is 235 g/mol. The lowest BCUT2D eigenvalue weighted by atomic mass is 9.98. The molecule has 0 saturated carbocycles. The number of carbonyl (C=O) groups excluding carboxylic acids is 1. The number of esters is 1. The average Bonchev–Trinajstić information content (AvgIpc) is 2.29. The van der Waals surface area contributed by atoms with E-state index in [4.69, 9.17) is 10.5 Å². The number of hydrogen-bond donors (Lipinski definition) is 1. The van der Waals surface area contributed by atoms with E-state index in [-0.39, 0.29) is 18.4 Å². The molecule has 0 bridgehead atoms. The zero-order valence-corrected chi connectivity index (χ0v) is 10.8. The highest BCUT2D eigenvalue weighted by atomic mass is 16.5. The van der Waals surface area contributed by atoms with E-state index < -0.39 is 0 Å². The Kier molecular flexibility index (Phi) is 5.16. The van der Waals surface area contributed by atoms with Crippen molar-refractivity contribution in [3.63, 3.8) is 0 Å². The number of benzene rings is 1. The van der Waals surface area contributed by atoms with Gasteiger partial charge in [-0.25, -0.2) is 0 Å². The van der Waals surface area contributed by atoms with Gasteiger partial charge in [0.25, 0.3) is 0 Å². The summed E-state index contributed by atoms with van der Waals surface area (Å²) in [5.74, 6) is 0.262. The van der Waals surface area contributed by atoms with Gasteiger partial charge in [-0.05, 0) is 24.0 Å². The molecule has 3 heteroatoms. The first-order chi connectivity index (χ1) is 8.04. The molecule has 0 amide bonds. The van der Waals surface area contributed by atoms with Crippen LogP contribution < -0.4 is 5.73 Å². The van der Waals surface area contributed by atoms with Gasteiger partial charge in [0.1, 0.15) is 0 Å². The highest BCUT2D eigenvalue weighted by Gasteiger charge is 2.12. The molecule has 1 aromatic rings. The SMILES string of the molecule is CCOC(=O)C[C@@H](N)c1ccc(C(C)C)cc1. The second-order valence-corrected chi connectivity index (χ2v) is 4.44. The molecule has 1 rings (SSSR count). The van der Waals surface area contributed by atoms with Crippen LogP contribution in [0.25, 0.3) is 0 Å². The van der Waals surface area contributed by atoms with Crippen molar-refractivity contribution in [2.75, 3.05) is 6.61 Å². The normalized spacial score (nSPS) is 12.5. The highest BCUT2D eigenvalue weighted by molar-refractivity contribution is 5.70. The van der Waals surface area contributed by atoms with Crippen molar-refractivity contribution in [3.8, 4) is 0 Å². The Labute approximate surface area is 103 Å². The first-order valence-electron chi connectivity index (χ1n) is 6.05. The molecule has 0 radical (unpaired) electrons. The van der Waals surface area contributed by atoms with Gasteiger partial charge in [0, 0.05) is 6.04 Å². The van der Waals surface area contributed by atoms with Crippen LogP contribution in [0.15, 0.2) is 24.3 Å². The second-order valence-electron chi connectivity index (χ2n) is 4.44. The van der Waals surface area contributed by atoms with E-state index in [1.807, 2.05) is 12.1 Å². The topological polar surface area (TPSA) is 52.3 Å². The molecule has 0 fully saturated rings. The quantitative estimate of drug-likeness (QED) is 0.798. The summed E-state index contributed by atoms with van der Waals surface area (Å²) in [6.45, 7) is 6.49. The van der Waals surface area contributed by atoms with Crippen molar-refractivity contribution in [1.29, 1.82) is 0 Å². The van der Waals surface area contributed by atoms with Crippen molar-refractivity contribution in [3.05, 3.63) is 35.4 Å². The van der Waals surface area contributed by atoms with Crippen molar-refractivity contribution in [2.24, 2.45) is 5.73 Å². The Morgan fingerprint density at radius 2 is 1.76 bits per heavy atom. The van der Waals surface area contributed by atoms with Crippen LogP contribution in [0.5, 0.6) is 0 Å². The third-order valence-corrected chi connectivity index (χ3v) is 2.72. The van der Waals surface area contributed by atoms with Gasteiger partial charge < -0.3 is 10.5 Å². The third-order valence-electron chi connectivity index (χ3n) is 2.72. The molecule has 0 aliphatic heterocycles. The van der Waals surface area contributed by atoms with E-state index in [1.54, 1.807) is 6.92 Å². The largest absolute Gasteiger partial charge is 0.466 e. The maximum Gasteiger partial charge on any atom is 0.307 e. The minimum absolute atomic E-state index is 0.231. The monoisotopic (exact) mass is 235 g/mol. The van der Waals surface area contributed by atoms with Gasteiger partial charge in [-0.1, -0.05) is 38.1 Å². The summed E-state index contributed by atoms with van der Waals surface area (Å²) >= 11 is 0. The number of carbonyl (C=O) groups is 1. The molecule has 0 heterocycles. The first-order valence-corrected chi connectivity index (χ1v) is 6.05. The molecular weight excluding hydrogens is 214 g/mol. The number of ether oxygens (including phenoxy) is 1. The minimum Gasteiger partial charge on any atom is -0.466 e. The first kappa shape index (κ1) is 13.7. The number of nitrogens with two attached hydrogens (primary N) is 1. The maximum atomic E-state index is 11.3. The van der Waals surface area contributed by atoms with Gasteiger partial charge in [0.2, 0.25) is 0 Å². The van der Waals surface area contributed by atoms with Gasteiger partial charge in [0.15, 0.2) is 0 Å². The predicted molar refractivity (Wildman–Crippen MR) is 68.7 cm³/mol. The Bertz CT molecular complexity index is 357. The van der Waals surface area contributed by atoms with Crippen LogP contribution in [0, 0.1) is 0 Å². The molecular formula is C14H21NO2. The lowest BCUT2D eigenvalue weighted by Crippen LogP contribution is -2.17. The fourth-order valence-electron chi connectivity index (χ4n) is 1.65.